The molecule has 1 aliphatic rings. The molecule has 0 N–H and O–H groups in total. The highest BCUT2D eigenvalue weighted by Crippen LogP contribution is 2.40. The number of carbonyl (C=O) groups excluding carboxylic acids is 1. The number of benzene rings is 2. The molecular weight excluding hydrogens is 361 g/mol. The third-order valence-corrected chi connectivity index (χ3v) is 5.55. The van der Waals surface area contributed by atoms with Crippen molar-refractivity contribution < 1.29 is 18.0 Å². The summed E-state index contributed by atoms with van der Waals surface area (Å²) >= 11 is 1.44. The van der Waals surface area contributed by atoms with Crippen LogP contribution in [0.5, 0.6) is 0 Å². The SMILES string of the molecule is CN(C)c1ccc(CN2C(=O)CSC2c2ccc(C(F)(F)F)cc2)cc1. The number of rotatable bonds is 4. The summed E-state index contributed by atoms with van der Waals surface area (Å²) in [5, 5.41) is -0.265. The zero-order valence-electron chi connectivity index (χ0n) is 14.5. The van der Waals surface area contributed by atoms with Crippen LogP contribution in [0.15, 0.2) is 48.5 Å². The van der Waals surface area contributed by atoms with E-state index in [4.69, 9.17) is 0 Å². The van der Waals surface area contributed by atoms with E-state index in [0.29, 0.717) is 17.9 Å². The number of hydrogen-bond donors (Lipinski definition) is 0. The number of hydrogen-bond acceptors (Lipinski definition) is 3. The molecule has 1 atom stereocenters. The molecule has 1 aliphatic heterocycles. The Kier molecular flexibility index (Phi) is 5.18. The lowest BCUT2D eigenvalue weighted by Gasteiger charge is -2.25. The molecule has 1 amide bonds. The van der Waals surface area contributed by atoms with Crippen LogP contribution in [0, 0.1) is 0 Å². The highest BCUT2D eigenvalue weighted by molar-refractivity contribution is 8.00. The number of nitrogens with zero attached hydrogens (tertiary/aromatic N) is 2. The number of alkyl halides is 3. The van der Waals surface area contributed by atoms with Crippen molar-refractivity contribution in [1.82, 2.24) is 4.90 Å². The Hall–Kier alpha value is -2.15. The minimum absolute atomic E-state index is 0.00316. The molecule has 2 aromatic carbocycles. The molecule has 138 valence electrons. The fourth-order valence-corrected chi connectivity index (χ4v) is 4.02. The maximum Gasteiger partial charge on any atom is 0.416 e. The summed E-state index contributed by atoms with van der Waals surface area (Å²) in [5.41, 5.74) is 2.08. The van der Waals surface area contributed by atoms with Crippen molar-refractivity contribution in [3.63, 3.8) is 0 Å². The Morgan fingerprint density at radius 1 is 1.08 bits per heavy atom. The number of anilines is 1. The minimum atomic E-state index is -4.36. The summed E-state index contributed by atoms with van der Waals surface area (Å²) in [6.07, 6.45) is -4.36. The van der Waals surface area contributed by atoms with E-state index in [1.807, 2.05) is 43.3 Å². The van der Waals surface area contributed by atoms with Crippen LogP contribution in [0.25, 0.3) is 0 Å². The van der Waals surface area contributed by atoms with Gasteiger partial charge in [-0.05, 0) is 35.4 Å². The van der Waals surface area contributed by atoms with E-state index in [1.54, 1.807) is 4.90 Å². The van der Waals surface area contributed by atoms with Gasteiger partial charge in [0.2, 0.25) is 5.91 Å². The second-order valence-electron chi connectivity index (χ2n) is 6.37. The number of amides is 1. The van der Waals surface area contributed by atoms with Crippen molar-refractivity contribution in [3.05, 3.63) is 65.2 Å². The van der Waals surface area contributed by atoms with Gasteiger partial charge in [-0.2, -0.15) is 13.2 Å². The number of carbonyl (C=O) groups is 1. The third kappa shape index (κ3) is 3.98. The zero-order valence-corrected chi connectivity index (χ0v) is 15.3. The second-order valence-corrected chi connectivity index (χ2v) is 7.43. The van der Waals surface area contributed by atoms with Crippen LogP contribution in [0.4, 0.5) is 18.9 Å². The van der Waals surface area contributed by atoms with E-state index in [0.717, 1.165) is 23.4 Å². The van der Waals surface area contributed by atoms with Crippen LogP contribution in [-0.2, 0) is 17.5 Å². The number of halogens is 3. The molecule has 26 heavy (non-hydrogen) atoms. The van der Waals surface area contributed by atoms with Crippen molar-refractivity contribution in [1.29, 1.82) is 0 Å². The van der Waals surface area contributed by atoms with Gasteiger partial charge in [-0.3, -0.25) is 4.79 Å². The average Bonchev–Trinajstić information content (AvgIpc) is 2.95. The number of thioether (sulfide) groups is 1. The molecule has 0 radical (unpaired) electrons. The Bertz CT molecular complexity index is 773. The molecule has 7 heteroatoms. The monoisotopic (exact) mass is 380 g/mol. The van der Waals surface area contributed by atoms with E-state index < -0.39 is 11.7 Å². The smallest absolute Gasteiger partial charge is 0.378 e. The minimum Gasteiger partial charge on any atom is -0.378 e. The van der Waals surface area contributed by atoms with Gasteiger partial charge in [0.05, 0.1) is 11.3 Å². The standard InChI is InChI=1S/C19H19F3N2OS/c1-23(2)16-9-3-13(4-10-16)11-24-17(25)12-26-18(24)14-5-7-15(8-6-14)19(20,21)22/h3-10,18H,11-12H2,1-2H3. The summed E-state index contributed by atoms with van der Waals surface area (Å²) in [7, 11) is 3.91. The van der Waals surface area contributed by atoms with Crippen LogP contribution in [0.2, 0.25) is 0 Å². The highest BCUT2D eigenvalue weighted by atomic mass is 32.2. The van der Waals surface area contributed by atoms with Crippen LogP contribution < -0.4 is 4.90 Å². The molecule has 1 unspecified atom stereocenters. The van der Waals surface area contributed by atoms with Crippen LogP contribution in [0.3, 0.4) is 0 Å². The van der Waals surface area contributed by atoms with Gasteiger partial charge in [0, 0.05) is 26.3 Å². The molecule has 1 saturated heterocycles. The van der Waals surface area contributed by atoms with E-state index in [1.165, 1.54) is 23.9 Å². The summed E-state index contributed by atoms with van der Waals surface area (Å²) in [6.45, 7) is 0.436. The maximum absolute atomic E-state index is 12.7. The summed E-state index contributed by atoms with van der Waals surface area (Å²) in [4.78, 5) is 16.0. The molecule has 0 saturated carbocycles. The Morgan fingerprint density at radius 3 is 2.23 bits per heavy atom. The van der Waals surface area contributed by atoms with Crippen molar-refractivity contribution in [2.75, 3.05) is 24.7 Å². The summed E-state index contributed by atoms with van der Waals surface area (Å²) < 4.78 is 38.2. The second kappa shape index (κ2) is 7.23. The van der Waals surface area contributed by atoms with Gasteiger partial charge in [0.25, 0.3) is 0 Å². The van der Waals surface area contributed by atoms with Crippen LogP contribution in [0.1, 0.15) is 22.1 Å². The largest absolute Gasteiger partial charge is 0.416 e. The zero-order chi connectivity index (χ0) is 18.9. The van der Waals surface area contributed by atoms with Gasteiger partial charge in [-0.15, -0.1) is 11.8 Å². The Morgan fingerprint density at radius 2 is 1.69 bits per heavy atom. The van der Waals surface area contributed by atoms with Gasteiger partial charge in [0.1, 0.15) is 5.37 Å². The predicted octanol–water partition coefficient (Wildman–Crippen LogP) is 4.55. The first-order valence-electron chi connectivity index (χ1n) is 8.10. The molecule has 0 bridgehead atoms. The van der Waals surface area contributed by atoms with Gasteiger partial charge in [-0.1, -0.05) is 24.3 Å². The molecule has 3 rings (SSSR count). The summed E-state index contributed by atoms with van der Waals surface area (Å²) in [6, 6.07) is 13.0. The maximum atomic E-state index is 12.7. The summed E-state index contributed by atoms with van der Waals surface area (Å²) in [5.74, 6) is 0.332. The van der Waals surface area contributed by atoms with E-state index in [-0.39, 0.29) is 11.3 Å². The lowest BCUT2D eigenvalue weighted by Crippen LogP contribution is -2.27. The van der Waals surface area contributed by atoms with Crippen LogP contribution in [-0.4, -0.2) is 30.7 Å². The molecule has 0 aliphatic carbocycles. The first kappa shape index (κ1) is 18.6. The molecule has 0 spiro atoms. The quantitative estimate of drug-likeness (QED) is 0.778. The van der Waals surface area contributed by atoms with E-state index >= 15 is 0 Å². The fourth-order valence-electron chi connectivity index (χ4n) is 2.83. The van der Waals surface area contributed by atoms with Gasteiger partial charge >= 0.3 is 6.18 Å². The lowest BCUT2D eigenvalue weighted by molar-refractivity contribution is -0.137. The first-order valence-corrected chi connectivity index (χ1v) is 9.15. The van der Waals surface area contributed by atoms with Crippen molar-refractivity contribution in [3.8, 4) is 0 Å². The predicted molar refractivity (Wildman–Crippen MR) is 98.0 cm³/mol. The Labute approximate surface area is 154 Å². The fraction of sp³-hybridized carbons (Fsp3) is 0.316. The topological polar surface area (TPSA) is 23.6 Å². The average molecular weight is 380 g/mol. The first-order chi connectivity index (χ1) is 12.3. The van der Waals surface area contributed by atoms with E-state index in [2.05, 4.69) is 0 Å². The van der Waals surface area contributed by atoms with Crippen molar-refractivity contribution in [2.24, 2.45) is 0 Å². The van der Waals surface area contributed by atoms with Gasteiger partial charge in [-0.25, -0.2) is 0 Å². The Balaban J connectivity index is 1.78. The molecule has 1 heterocycles. The highest BCUT2D eigenvalue weighted by Gasteiger charge is 2.34. The van der Waals surface area contributed by atoms with E-state index in [9.17, 15) is 18.0 Å². The molecule has 1 fully saturated rings. The lowest BCUT2D eigenvalue weighted by atomic mass is 10.1. The van der Waals surface area contributed by atoms with Gasteiger partial charge < -0.3 is 9.80 Å². The van der Waals surface area contributed by atoms with Gasteiger partial charge in [0.15, 0.2) is 0 Å². The van der Waals surface area contributed by atoms with Crippen molar-refractivity contribution in [2.45, 2.75) is 18.1 Å². The third-order valence-electron chi connectivity index (χ3n) is 4.30. The van der Waals surface area contributed by atoms with Crippen molar-refractivity contribution >= 4 is 23.4 Å². The molecule has 0 aromatic heterocycles. The van der Waals surface area contributed by atoms with Crippen LogP contribution >= 0.6 is 11.8 Å². The molecular formula is C19H19F3N2OS. The normalized spacial score (nSPS) is 17.7. The molecule has 2 aromatic rings. The molecule has 3 nitrogen and oxygen atoms in total.